The monoisotopic (exact) mass is 338 g/mol. The van der Waals surface area contributed by atoms with Gasteiger partial charge < -0.3 is 9.47 Å². The Labute approximate surface area is 150 Å². The number of unbranched alkanes of at least 4 members (excludes halogenated alkanes) is 1. The molecule has 0 bridgehead atoms. The Kier molecular flexibility index (Phi) is 5.54. The summed E-state index contributed by atoms with van der Waals surface area (Å²) in [6.07, 6.45) is 4.56. The van der Waals surface area contributed by atoms with Crippen LogP contribution in [-0.4, -0.2) is 12.6 Å². The number of esters is 1. The molecular formula is C22H26O3. The van der Waals surface area contributed by atoms with Crippen molar-refractivity contribution in [3.63, 3.8) is 0 Å². The second-order valence-electron chi connectivity index (χ2n) is 6.65. The number of hydrogen-bond acceptors (Lipinski definition) is 3. The third-order valence-electron chi connectivity index (χ3n) is 4.96. The van der Waals surface area contributed by atoms with Crippen molar-refractivity contribution in [2.75, 3.05) is 6.61 Å². The highest BCUT2D eigenvalue weighted by Crippen LogP contribution is 2.43. The van der Waals surface area contributed by atoms with E-state index in [1.807, 2.05) is 48.5 Å². The molecule has 1 aliphatic rings. The molecule has 1 heterocycles. The number of benzene rings is 2. The summed E-state index contributed by atoms with van der Waals surface area (Å²) < 4.78 is 12.2. The molecule has 0 N–H and O–H groups in total. The molecule has 0 saturated carbocycles. The van der Waals surface area contributed by atoms with E-state index < -0.39 is 5.79 Å². The largest absolute Gasteiger partial charge is 0.420 e. The van der Waals surface area contributed by atoms with E-state index in [2.05, 4.69) is 13.8 Å². The smallest absolute Gasteiger partial charge is 0.341 e. The SMILES string of the molecule is CCCC[C@H](CC)CO[C@@]1(c2ccccc2)OC(=O)c2ccccc21. The summed E-state index contributed by atoms with van der Waals surface area (Å²) in [5.74, 6) is -0.984. The van der Waals surface area contributed by atoms with Crippen molar-refractivity contribution < 1.29 is 14.3 Å². The van der Waals surface area contributed by atoms with Crippen molar-refractivity contribution in [1.29, 1.82) is 0 Å². The quantitative estimate of drug-likeness (QED) is 0.613. The number of rotatable bonds is 8. The molecule has 0 aromatic heterocycles. The molecular weight excluding hydrogens is 312 g/mol. The fraction of sp³-hybridized carbons (Fsp3) is 0.409. The summed E-state index contributed by atoms with van der Waals surface area (Å²) in [4.78, 5) is 12.4. The number of fused-ring (bicyclic) bond motifs is 1. The second kappa shape index (κ2) is 7.83. The number of carbonyl (C=O) groups excluding carboxylic acids is 1. The first-order chi connectivity index (χ1) is 12.2. The van der Waals surface area contributed by atoms with E-state index in [1.165, 1.54) is 12.8 Å². The van der Waals surface area contributed by atoms with Gasteiger partial charge in [-0.1, -0.05) is 81.6 Å². The first kappa shape index (κ1) is 17.7. The van der Waals surface area contributed by atoms with E-state index in [-0.39, 0.29) is 5.97 Å². The van der Waals surface area contributed by atoms with Gasteiger partial charge in [0.15, 0.2) is 0 Å². The van der Waals surface area contributed by atoms with Crippen LogP contribution in [0, 0.1) is 5.92 Å². The van der Waals surface area contributed by atoms with Gasteiger partial charge in [-0.3, -0.25) is 0 Å². The maximum absolute atomic E-state index is 12.4. The molecule has 25 heavy (non-hydrogen) atoms. The van der Waals surface area contributed by atoms with Gasteiger partial charge in [-0.2, -0.15) is 0 Å². The average molecular weight is 338 g/mol. The maximum Gasteiger partial charge on any atom is 0.341 e. The first-order valence-corrected chi connectivity index (χ1v) is 9.23. The van der Waals surface area contributed by atoms with Crippen LogP contribution in [0.25, 0.3) is 0 Å². The molecule has 1 aliphatic heterocycles. The molecule has 0 fully saturated rings. The van der Waals surface area contributed by atoms with Crippen molar-refractivity contribution in [3.05, 3.63) is 71.3 Å². The Morgan fingerprint density at radius 3 is 2.48 bits per heavy atom. The fourth-order valence-electron chi connectivity index (χ4n) is 3.38. The molecule has 132 valence electrons. The van der Waals surface area contributed by atoms with E-state index in [0.29, 0.717) is 18.1 Å². The van der Waals surface area contributed by atoms with Crippen LogP contribution in [0.4, 0.5) is 0 Å². The highest BCUT2D eigenvalue weighted by atomic mass is 16.7. The normalized spacial score (nSPS) is 20.2. The molecule has 0 amide bonds. The average Bonchev–Trinajstić information content (AvgIpc) is 2.96. The molecule has 3 rings (SSSR count). The molecule has 0 radical (unpaired) electrons. The van der Waals surface area contributed by atoms with Crippen molar-refractivity contribution in [2.45, 2.75) is 45.3 Å². The topological polar surface area (TPSA) is 35.5 Å². The van der Waals surface area contributed by atoms with Crippen LogP contribution in [0.3, 0.4) is 0 Å². The molecule has 3 nitrogen and oxygen atoms in total. The van der Waals surface area contributed by atoms with E-state index >= 15 is 0 Å². The predicted octanol–water partition coefficient (Wildman–Crippen LogP) is 5.29. The highest BCUT2D eigenvalue weighted by Gasteiger charge is 2.48. The lowest BCUT2D eigenvalue weighted by molar-refractivity contribution is -0.182. The Bertz CT molecular complexity index is 710. The van der Waals surface area contributed by atoms with Crippen molar-refractivity contribution >= 4 is 5.97 Å². The van der Waals surface area contributed by atoms with Crippen LogP contribution < -0.4 is 0 Å². The molecule has 0 saturated heterocycles. The van der Waals surface area contributed by atoms with Crippen molar-refractivity contribution in [2.24, 2.45) is 5.92 Å². The van der Waals surface area contributed by atoms with Crippen LogP contribution in [0.5, 0.6) is 0 Å². The van der Waals surface area contributed by atoms with Gasteiger partial charge >= 0.3 is 5.97 Å². The van der Waals surface area contributed by atoms with Crippen LogP contribution in [-0.2, 0) is 15.3 Å². The number of carbonyl (C=O) groups is 1. The van der Waals surface area contributed by atoms with E-state index in [9.17, 15) is 4.79 Å². The number of cyclic esters (lactones) is 1. The van der Waals surface area contributed by atoms with Gasteiger partial charge in [0, 0.05) is 11.1 Å². The van der Waals surface area contributed by atoms with E-state index in [0.717, 1.165) is 24.0 Å². The van der Waals surface area contributed by atoms with Crippen LogP contribution in [0.2, 0.25) is 0 Å². The zero-order valence-corrected chi connectivity index (χ0v) is 15.0. The van der Waals surface area contributed by atoms with Gasteiger partial charge in [0.05, 0.1) is 12.2 Å². The van der Waals surface area contributed by atoms with Crippen LogP contribution in [0.15, 0.2) is 54.6 Å². The standard InChI is InChI=1S/C22H26O3/c1-3-5-11-17(4-2)16-24-22(18-12-7-6-8-13-18)20-15-10-9-14-19(20)21(23)25-22/h6-10,12-15,17H,3-5,11,16H2,1-2H3/t17-,22-/m0/s1. The van der Waals surface area contributed by atoms with E-state index in [4.69, 9.17) is 9.47 Å². The Balaban J connectivity index is 1.94. The molecule has 0 aliphatic carbocycles. The zero-order chi connectivity index (χ0) is 17.7. The Hall–Kier alpha value is -2.13. The minimum atomic E-state index is -1.13. The Morgan fingerprint density at radius 1 is 1.04 bits per heavy atom. The van der Waals surface area contributed by atoms with Crippen molar-refractivity contribution in [1.82, 2.24) is 0 Å². The third-order valence-corrected chi connectivity index (χ3v) is 4.96. The number of hydrogen-bond donors (Lipinski definition) is 0. The summed E-state index contributed by atoms with van der Waals surface area (Å²) in [7, 11) is 0. The summed E-state index contributed by atoms with van der Waals surface area (Å²) in [5.41, 5.74) is 2.25. The second-order valence-corrected chi connectivity index (χ2v) is 6.65. The lowest BCUT2D eigenvalue weighted by Crippen LogP contribution is -2.33. The minimum Gasteiger partial charge on any atom is -0.420 e. The van der Waals surface area contributed by atoms with Gasteiger partial charge in [-0.15, -0.1) is 0 Å². The van der Waals surface area contributed by atoms with Gasteiger partial charge in [0.25, 0.3) is 5.79 Å². The lowest BCUT2D eigenvalue weighted by atomic mass is 9.94. The summed E-state index contributed by atoms with van der Waals surface area (Å²) in [5, 5.41) is 0. The molecule has 2 atom stereocenters. The molecule has 0 spiro atoms. The predicted molar refractivity (Wildman–Crippen MR) is 98.3 cm³/mol. The first-order valence-electron chi connectivity index (χ1n) is 9.23. The summed E-state index contributed by atoms with van der Waals surface area (Å²) >= 11 is 0. The van der Waals surface area contributed by atoms with Gasteiger partial charge in [-0.25, -0.2) is 4.79 Å². The Morgan fingerprint density at radius 2 is 1.76 bits per heavy atom. The van der Waals surface area contributed by atoms with Gasteiger partial charge in [0.2, 0.25) is 0 Å². The summed E-state index contributed by atoms with van der Waals surface area (Å²) in [6.45, 7) is 4.97. The molecule has 3 heteroatoms. The maximum atomic E-state index is 12.4. The van der Waals surface area contributed by atoms with Gasteiger partial charge in [0.1, 0.15) is 0 Å². The fourth-order valence-corrected chi connectivity index (χ4v) is 3.38. The lowest BCUT2D eigenvalue weighted by Gasteiger charge is -2.31. The zero-order valence-electron chi connectivity index (χ0n) is 15.0. The highest BCUT2D eigenvalue weighted by molar-refractivity contribution is 5.95. The van der Waals surface area contributed by atoms with Crippen LogP contribution in [0.1, 0.15) is 61.0 Å². The molecule has 0 unspecified atom stereocenters. The van der Waals surface area contributed by atoms with Gasteiger partial charge in [-0.05, 0) is 18.4 Å². The summed E-state index contributed by atoms with van der Waals surface area (Å²) in [6, 6.07) is 17.3. The number of ether oxygens (including phenoxy) is 2. The third kappa shape index (κ3) is 3.47. The molecule has 2 aromatic carbocycles. The van der Waals surface area contributed by atoms with Crippen LogP contribution >= 0.6 is 0 Å². The molecule has 2 aromatic rings. The van der Waals surface area contributed by atoms with Crippen molar-refractivity contribution in [3.8, 4) is 0 Å². The minimum absolute atomic E-state index is 0.318. The van der Waals surface area contributed by atoms with E-state index in [1.54, 1.807) is 6.07 Å².